The summed E-state index contributed by atoms with van der Waals surface area (Å²) < 4.78 is 0. The highest BCUT2D eigenvalue weighted by Crippen LogP contribution is 2.21. The zero-order chi connectivity index (χ0) is 10.7. The largest absolute Gasteiger partial charge is 0.381 e. The molecule has 3 nitrogen and oxygen atoms in total. The second kappa shape index (κ2) is 5.95. The van der Waals surface area contributed by atoms with Crippen molar-refractivity contribution in [3.63, 3.8) is 0 Å². The molecule has 0 bridgehead atoms. The van der Waals surface area contributed by atoms with E-state index in [1.807, 2.05) is 0 Å². The van der Waals surface area contributed by atoms with Crippen LogP contribution in [0.25, 0.3) is 0 Å². The van der Waals surface area contributed by atoms with Crippen molar-refractivity contribution in [1.29, 1.82) is 5.41 Å². The summed E-state index contributed by atoms with van der Waals surface area (Å²) in [5.74, 6) is -0.912. The van der Waals surface area contributed by atoms with Crippen molar-refractivity contribution < 1.29 is 4.79 Å². The molecule has 1 aromatic carbocycles. The molecule has 0 radical (unpaired) electrons. The van der Waals surface area contributed by atoms with E-state index in [1.165, 1.54) is 0 Å². The van der Waals surface area contributed by atoms with E-state index < -0.39 is 11.6 Å². The molecule has 0 amide bonds. The smallest absolute Gasteiger partial charge is 0.201 e. The lowest BCUT2D eigenvalue weighted by Gasteiger charge is -2.02. The monoisotopic (exact) mass is 266 g/mol. The van der Waals surface area contributed by atoms with Crippen LogP contribution in [0.3, 0.4) is 0 Å². The molecule has 0 fully saturated rings. The van der Waals surface area contributed by atoms with Crippen molar-refractivity contribution in [2.45, 2.75) is 6.42 Å². The maximum Gasteiger partial charge on any atom is 0.201 e. The summed E-state index contributed by atoms with van der Waals surface area (Å²) in [5, 5.41) is 7.84. The van der Waals surface area contributed by atoms with Crippen LogP contribution < -0.4 is 5.73 Å². The number of hydrogen-bond donors (Lipinski definition) is 2. The fourth-order valence-corrected chi connectivity index (χ4v) is 1.41. The Labute approximate surface area is 103 Å². The first-order valence-electron chi connectivity index (χ1n) is 3.82. The van der Waals surface area contributed by atoms with E-state index in [0.717, 1.165) is 0 Å². The number of ketones is 1. The molecule has 3 N–H and O–H groups in total. The molecule has 0 aromatic heterocycles. The lowest BCUT2D eigenvalue weighted by Crippen LogP contribution is -2.24. The minimum Gasteiger partial charge on any atom is -0.381 e. The van der Waals surface area contributed by atoms with E-state index in [-0.39, 0.29) is 18.8 Å². The van der Waals surface area contributed by atoms with Crippen LogP contribution in [0, 0.1) is 5.41 Å². The van der Waals surface area contributed by atoms with Gasteiger partial charge in [-0.05, 0) is 17.7 Å². The van der Waals surface area contributed by atoms with Crippen molar-refractivity contribution in [1.82, 2.24) is 0 Å². The Bertz CT molecular complexity index is 393. The normalized spacial score (nSPS) is 9.20. The van der Waals surface area contributed by atoms with Crippen molar-refractivity contribution in [3.05, 3.63) is 33.8 Å². The Hall–Kier alpha value is -0.770. The van der Waals surface area contributed by atoms with Gasteiger partial charge in [0.05, 0.1) is 0 Å². The Morgan fingerprint density at radius 2 is 2.00 bits per heavy atom. The van der Waals surface area contributed by atoms with Gasteiger partial charge in [0.15, 0.2) is 5.84 Å². The minimum absolute atomic E-state index is 0. The molecule has 0 aliphatic heterocycles. The predicted molar refractivity (Wildman–Crippen MR) is 64.3 cm³/mol. The number of amidine groups is 1. The van der Waals surface area contributed by atoms with Crippen LogP contribution >= 0.6 is 35.6 Å². The van der Waals surface area contributed by atoms with E-state index in [2.05, 4.69) is 0 Å². The number of hydrogen-bond acceptors (Lipinski definition) is 2. The SMILES string of the molecule is Cl.N=C(N)C(=O)Cc1ccc(Cl)cc1Cl. The molecule has 0 spiro atoms. The molecule has 0 saturated carbocycles. The van der Waals surface area contributed by atoms with Crippen LogP contribution in [0.15, 0.2) is 18.2 Å². The van der Waals surface area contributed by atoms with E-state index >= 15 is 0 Å². The van der Waals surface area contributed by atoms with Gasteiger partial charge in [0.2, 0.25) is 5.78 Å². The van der Waals surface area contributed by atoms with Gasteiger partial charge in [-0.1, -0.05) is 29.3 Å². The second-order valence-electron chi connectivity index (χ2n) is 2.75. The fraction of sp³-hybridized carbons (Fsp3) is 0.111. The molecular weight excluding hydrogens is 258 g/mol. The summed E-state index contributed by atoms with van der Waals surface area (Å²) in [6.07, 6.45) is 0.0331. The third-order valence-corrected chi connectivity index (χ3v) is 2.25. The number of benzene rings is 1. The van der Waals surface area contributed by atoms with Gasteiger partial charge in [-0.2, -0.15) is 0 Å². The van der Waals surface area contributed by atoms with Crippen molar-refractivity contribution in [3.8, 4) is 0 Å². The van der Waals surface area contributed by atoms with Gasteiger partial charge in [-0.25, -0.2) is 0 Å². The molecular formula is C9H9Cl3N2O. The molecule has 0 saturated heterocycles. The van der Waals surface area contributed by atoms with Gasteiger partial charge in [0.25, 0.3) is 0 Å². The highest BCUT2D eigenvalue weighted by atomic mass is 35.5. The molecule has 0 aliphatic rings. The Kier molecular flexibility index (Phi) is 5.65. The number of carbonyl (C=O) groups excluding carboxylic acids is 1. The van der Waals surface area contributed by atoms with Crippen molar-refractivity contribution >= 4 is 47.2 Å². The predicted octanol–water partition coefficient (Wildman–Crippen LogP) is 2.46. The Morgan fingerprint density at radius 3 is 2.47 bits per heavy atom. The number of nitrogens with one attached hydrogen (secondary N) is 1. The lowest BCUT2D eigenvalue weighted by molar-refractivity contribution is -0.112. The molecule has 0 heterocycles. The van der Waals surface area contributed by atoms with Gasteiger partial charge >= 0.3 is 0 Å². The van der Waals surface area contributed by atoms with Crippen LogP contribution in [-0.2, 0) is 11.2 Å². The van der Waals surface area contributed by atoms with Gasteiger partial charge in [-0.3, -0.25) is 10.2 Å². The van der Waals surface area contributed by atoms with Crippen LogP contribution in [0.1, 0.15) is 5.56 Å². The van der Waals surface area contributed by atoms with Crippen LogP contribution in [0.5, 0.6) is 0 Å². The van der Waals surface area contributed by atoms with Crippen molar-refractivity contribution in [2.75, 3.05) is 0 Å². The number of Topliss-reactive ketones (excluding diaryl/α,β-unsaturated/α-hetero) is 1. The highest BCUT2D eigenvalue weighted by molar-refractivity contribution is 6.38. The average molecular weight is 268 g/mol. The summed E-state index contributed by atoms with van der Waals surface area (Å²) >= 11 is 11.5. The van der Waals surface area contributed by atoms with Gasteiger partial charge in [0, 0.05) is 16.5 Å². The van der Waals surface area contributed by atoms with E-state index in [4.69, 9.17) is 34.3 Å². The summed E-state index contributed by atoms with van der Waals surface area (Å²) in [4.78, 5) is 11.1. The quantitative estimate of drug-likeness (QED) is 0.652. The average Bonchev–Trinajstić information content (AvgIpc) is 2.09. The Morgan fingerprint density at radius 1 is 1.40 bits per heavy atom. The van der Waals surface area contributed by atoms with Gasteiger partial charge < -0.3 is 5.73 Å². The van der Waals surface area contributed by atoms with Crippen LogP contribution in [-0.4, -0.2) is 11.6 Å². The molecule has 1 aromatic rings. The number of halogens is 3. The fourth-order valence-electron chi connectivity index (χ4n) is 0.933. The zero-order valence-electron chi connectivity index (χ0n) is 7.59. The topological polar surface area (TPSA) is 66.9 Å². The third-order valence-electron chi connectivity index (χ3n) is 1.67. The van der Waals surface area contributed by atoms with Crippen molar-refractivity contribution in [2.24, 2.45) is 5.73 Å². The van der Waals surface area contributed by atoms with E-state index in [9.17, 15) is 4.79 Å². The van der Waals surface area contributed by atoms with Gasteiger partial charge in [0.1, 0.15) is 0 Å². The third kappa shape index (κ3) is 4.08. The lowest BCUT2D eigenvalue weighted by atomic mass is 10.1. The number of nitrogens with two attached hydrogens (primary N) is 1. The highest BCUT2D eigenvalue weighted by Gasteiger charge is 2.09. The molecule has 15 heavy (non-hydrogen) atoms. The molecule has 0 atom stereocenters. The van der Waals surface area contributed by atoms with Crippen LogP contribution in [0.2, 0.25) is 10.0 Å². The molecule has 82 valence electrons. The summed E-state index contributed by atoms with van der Waals surface area (Å²) in [6, 6.07) is 4.83. The summed E-state index contributed by atoms with van der Waals surface area (Å²) in [7, 11) is 0. The second-order valence-corrected chi connectivity index (χ2v) is 3.59. The molecule has 0 unspecified atom stereocenters. The number of carbonyl (C=O) groups is 1. The standard InChI is InChI=1S/C9H8Cl2N2O.ClH/c10-6-2-1-5(7(11)4-6)3-8(14)9(12)13;/h1-2,4H,3H2,(H3,12,13);1H. The first-order valence-corrected chi connectivity index (χ1v) is 4.57. The maximum absolute atomic E-state index is 11.1. The Balaban J connectivity index is 0.00000196. The first kappa shape index (κ1) is 14.2. The zero-order valence-corrected chi connectivity index (χ0v) is 9.92. The van der Waals surface area contributed by atoms with E-state index in [1.54, 1.807) is 18.2 Å². The number of rotatable bonds is 3. The summed E-state index contributed by atoms with van der Waals surface area (Å²) in [5.41, 5.74) is 5.65. The summed E-state index contributed by atoms with van der Waals surface area (Å²) in [6.45, 7) is 0. The first-order chi connectivity index (χ1) is 6.50. The maximum atomic E-state index is 11.1. The van der Waals surface area contributed by atoms with Gasteiger partial charge in [-0.15, -0.1) is 12.4 Å². The molecule has 6 heteroatoms. The molecule has 0 aliphatic carbocycles. The minimum atomic E-state index is -0.462. The molecule has 1 rings (SSSR count). The van der Waals surface area contributed by atoms with E-state index in [0.29, 0.717) is 15.6 Å². The van der Waals surface area contributed by atoms with Crippen LogP contribution in [0.4, 0.5) is 0 Å².